The third-order valence-electron chi connectivity index (χ3n) is 15.0. The molecular formula is C61H45NO. The highest BCUT2D eigenvalue weighted by Crippen LogP contribution is 2.62. The fraction of sp³-hybridized carbons (Fsp3) is 0.115. The second kappa shape index (κ2) is 12.8. The molecule has 3 aliphatic carbocycles. The maximum absolute atomic E-state index is 6.76. The molecule has 4 aliphatic rings. The molecule has 2 heteroatoms. The number of hydrogen-bond donors (Lipinski definition) is 0. The quantitative estimate of drug-likeness (QED) is 0.176. The number of nitrogens with zero attached hydrogens (tertiary/aromatic N) is 1. The molecule has 0 fully saturated rings. The molecular weight excluding hydrogens is 763 g/mol. The summed E-state index contributed by atoms with van der Waals surface area (Å²) in [7, 11) is 0. The fourth-order valence-corrected chi connectivity index (χ4v) is 11.9. The van der Waals surface area contributed by atoms with Crippen LogP contribution in [0.25, 0.3) is 44.5 Å². The van der Waals surface area contributed by atoms with Crippen molar-refractivity contribution in [3.8, 4) is 56.0 Å². The van der Waals surface area contributed by atoms with Gasteiger partial charge in [-0.05, 0) is 132 Å². The molecule has 0 aromatic heterocycles. The number of ether oxygens (including phenoxy) is 1. The average Bonchev–Trinajstić information content (AvgIpc) is 3.84. The van der Waals surface area contributed by atoms with Crippen LogP contribution >= 0.6 is 0 Å². The Kier molecular flexibility index (Phi) is 7.37. The van der Waals surface area contributed by atoms with Crippen molar-refractivity contribution < 1.29 is 4.74 Å². The van der Waals surface area contributed by atoms with Crippen molar-refractivity contribution in [1.82, 2.24) is 0 Å². The van der Waals surface area contributed by atoms with Gasteiger partial charge in [-0.1, -0.05) is 173 Å². The van der Waals surface area contributed by atoms with Gasteiger partial charge in [0.15, 0.2) is 0 Å². The number of anilines is 3. The van der Waals surface area contributed by atoms with Gasteiger partial charge in [-0.15, -0.1) is 0 Å². The molecule has 0 unspecified atom stereocenters. The summed E-state index contributed by atoms with van der Waals surface area (Å²) in [6.07, 6.45) is 0. The molecule has 13 rings (SSSR count). The normalized spacial score (nSPS) is 15.5. The van der Waals surface area contributed by atoms with Crippen molar-refractivity contribution in [2.24, 2.45) is 0 Å². The molecule has 0 N–H and O–H groups in total. The summed E-state index contributed by atoms with van der Waals surface area (Å²) < 4.78 is 6.76. The predicted molar refractivity (Wildman–Crippen MR) is 259 cm³/mol. The Labute approximate surface area is 369 Å². The number of para-hydroxylation sites is 1. The zero-order valence-corrected chi connectivity index (χ0v) is 35.9. The van der Waals surface area contributed by atoms with E-state index in [2.05, 4.69) is 233 Å². The molecule has 0 radical (unpaired) electrons. The van der Waals surface area contributed by atoms with Crippen molar-refractivity contribution in [2.45, 2.75) is 43.9 Å². The monoisotopic (exact) mass is 807 g/mol. The molecule has 63 heavy (non-hydrogen) atoms. The lowest BCUT2D eigenvalue weighted by atomic mass is 9.66. The maximum Gasteiger partial charge on any atom is 0.132 e. The molecule has 0 bridgehead atoms. The Bertz CT molecular complexity index is 3230. The summed E-state index contributed by atoms with van der Waals surface area (Å²) in [5.41, 5.74) is 23.3. The third-order valence-corrected chi connectivity index (χ3v) is 15.0. The summed E-state index contributed by atoms with van der Waals surface area (Å²) in [4.78, 5) is 2.46. The average molecular weight is 808 g/mol. The lowest BCUT2D eigenvalue weighted by Gasteiger charge is -2.39. The van der Waals surface area contributed by atoms with Crippen LogP contribution in [0.15, 0.2) is 200 Å². The third kappa shape index (κ3) is 4.84. The Morgan fingerprint density at radius 1 is 0.302 bits per heavy atom. The summed E-state index contributed by atoms with van der Waals surface area (Å²) in [5, 5.41) is 0. The summed E-state index contributed by atoms with van der Waals surface area (Å²) in [6.45, 7) is 9.46. The van der Waals surface area contributed by atoms with Gasteiger partial charge in [0.1, 0.15) is 11.5 Å². The Balaban J connectivity index is 0.959. The molecule has 9 aromatic rings. The van der Waals surface area contributed by atoms with Crippen LogP contribution in [0.1, 0.15) is 72.2 Å². The SMILES string of the molecule is CC1(C)c2ccccc2-c2ccc(N(c3ccc(-c4ccc5c(c4)C4(c6ccccc6O5)c5ccccc5-c5ccccc54)cc3)c3ccc4c(c3)C(C)(C)c3ccccc3-4)cc21. The molecule has 1 aliphatic heterocycles. The number of rotatable bonds is 4. The van der Waals surface area contributed by atoms with E-state index in [0.29, 0.717) is 0 Å². The van der Waals surface area contributed by atoms with E-state index in [-0.39, 0.29) is 10.8 Å². The smallest absolute Gasteiger partial charge is 0.132 e. The Morgan fingerprint density at radius 3 is 1.24 bits per heavy atom. The van der Waals surface area contributed by atoms with Crippen LogP contribution in [-0.4, -0.2) is 0 Å². The van der Waals surface area contributed by atoms with Crippen LogP contribution in [0, 0.1) is 0 Å². The number of hydrogen-bond acceptors (Lipinski definition) is 2. The molecule has 0 amide bonds. The second-order valence-corrected chi connectivity index (χ2v) is 18.8. The van der Waals surface area contributed by atoms with Gasteiger partial charge < -0.3 is 9.64 Å². The van der Waals surface area contributed by atoms with Gasteiger partial charge in [0.05, 0.1) is 5.41 Å². The first-order chi connectivity index (χ1) is 30.7. The molecule has 1 spiro atoms. The number of fused-ring (bicyclic) bond motifs is 15. The van der Waals surface area contributed by atoms with Gasteiger partial charge in [0, 0.05) is 39.0 Å². The molecule has 2 nitrogen and oxygen atoms in total. The minimum absolute atomic E-state index is 0.118. The zero-order valence-electron chi connectivity index (χ0n) is 35.9. The van der Waals surface area contributed by atoms with Crippen LogP contribution in [0.4, 0.5) is 17.1 Å². The van der Waals surface area contributed by atoms with E-state index in [9.17, 15) is 0 Å². The molecule has 0 saturated carbocycles. The summed E-state index contributed by atoms with van der Waals surface area (Å²) in [5.74, 6) is 1.81. The van der Waals surface area contributed by atoms with Crippen molar-refractivity contribution in [2.75, 3.05) is 4.90 Å². The van der Waals surface area contributed by atoms with Crippen LogP contribution in [0.5, 0.6) is 11.5 Å². The highest BCUT2D eigenvalue weighted by Gasteiger charge is 2.51. The second-order valence-electron chi connectivity index (χ2n) is 18.8. The fourth-order valence-electron chi connectivity index (χ4n) is 11.9. The van der Waals surface area contributed by atoms with Gasteiger partial charge in [0.2, 0.25) is 0 Å². The first-order valence-corrected chi connectivity index (χ1v) is 22.3. The van der Waals surface area contributed by atoms with Gasteiger partial charge in [0.25, 0.3) is 0 Å². The Morgan fingerprint density at radius 2 is 0.698 bits per heavy atom. The minimum Gasteiger partial charge on any atom is -0.457 e. The van der Waals surface area contributed by atoms with Crippen LogP contribution in [0.3, 0.4) is 0 Å². The van der Waals surface area contributed by atoms with Crippen LogP contribution in [-0.2, 0) is 16.2 Å². The molecule has 0 atom stereocenters. The van der Waals surface area contributed by atoms with E-state index in [1.54, 1.807) is 0 Å². The summed E-state index contributed by atoms with van der Waals surface area (Å²) >= 11 is 0. The lowest BCUT2D eigenvalue weighted by Crippen LogP contribution is -2.32. The minimum atomic E-state index is -0.508. The lowest BCUT2D eigenvalue weighted by molar-refractivity contribution is 0.436. The predicted octanol–water partition coefficient (Wildman–Crippen LogP) is 15.9. The highest BCUT2D eigenvalue weighted by molar-refractivity contribution is 5.91. The first kappa shape index (κ1) is 36.3. The van der Waals surface area contributed by atoms with E-state index in [1.165, 1.54) is 77.9 Å². The highest BCUT2D eigenvalue weighted by atomic mass is 16.5. The van der Waals surface area contributed by atoms with Crippen molar-refractivity contribution in [1.29, 1.82) is 0 Å². The van der Waals surface area contributed by atoms with E-state index in [4.69, 9.17) is 4.74 Å². The first-order valence-electron chi connectivity index (χ1n) is 22.3. The van der Waals surface area contributed by atoms with Crippen molar-refractivity contribution in [3.05, 3.63) is 245 Å². The van der Waals surface area contributed by atoms with E-state index in [1.807, 2.05) is 0 Å². The number of benzene rings is 9. The molecule has 300 valence electrons. The standard InChI is InChI=1S/C61H45NO/c1-59(2)49-19-9-5-15-43(49)47-32-30-41(36-54(47)59)62(42-31-33-48-44-16-6-10-20-50(44)60(3,4)55(48)37-42)40-28-25-38(26-29-40)39-27-34-58-56(35-39)61(53-23-13-14-24-57(53)63-58)51-21-11-7-17-45(51)46-18-8-12-22-52(46)61/h5-37H,1-4H3. The van der Waals surface area contributed by atoms with Crippen LogP contribution in [0.2, 0.25) is 0 Å². The van der Waals surface area contributed by atoms with E-state index >= 15 is 0 Å². The van der Waals surface area contributed by atoms with Crippen molar-refractivity contribution in [3.63, 3.8) is 0 Å². The Hall–Kier alpha value is -7.42. The van der Waals surface area contributed by atoms with Gasteiger partial charge in [-0.2, -0.15) is 0 Å². The maximum atomic E-state index is 6.76. The van der Waals surface area contributed by atoms with E-state index < -0.39 is 5.41 Å². The molecule has 9 aromatic carbocycles. The van der Waals surface area contributed by atoms with Crippen molar-refractivity contribution >= 4 is 17.1 Å². The summed E-state index contributed by atoms with van der Waals surface area (Å²) in [6, 6.07) is 74.4. The topological polar surface area (TPSA) is 12.5 Å². The zero-order chi connectivity index (χ0) is 42.2. The van der Waals surface area contributed by atoms with Gasteiger partial charge >= 0.3 is 0 Å². The van der Waals surface area contributed by atoms with E-state index in [0.717, 1.165) is 39.7 Å². The van der Waals surface area contributed by atoms with Crippen LogP contribution < -0.4 is 9.64 Å². The molecule has 1 heterocycles. The largest absolute Gasteiger partial charge is 0.457 e. The van der Waals surface area contributed by atoms with Gasteiger partial charge in [-0.25, -0.2) is 0 Å². The molecule has 0 saturated heterocycles. The van der Waals surface area contributed by atoms with Gasteiger partial charge in [-0.3, -0.25) is 0 Å².